The summed E-state index contributed by atoms with van der Waals surface area (Å²) >= 11 is 0. The maximum Gasteiger partial charge on any atom is 0.416 e. The smallest absolute Gasteiger partial charge is 0.381 e. The number of nitrogens with one attached hydrogen (secondary N) is 1. The minimum Gasteiger partial charge on any atom is -0.381 e. The highest BCUT2D eigenvalue weighted by molar-refractivity contribution is 7.88. The lowest BCUT2D eigenvalue weighted by atomic mass is 9.76. The number of piperidine rings is 1. The second kappa shape index (κ2) is 5.62. The average molecular weight is 362 g/mol. The van der Waals surface area contributed by atoms with Crippen LogP contribution in [0.15, 0.2) is 35.1 Å². The van der Waals surface area contributed by atoms with Crippen molar-refractivity contribution in [1.29, 1.82) is 0 Å². The number of allylic oxidation sites excluding steroid dienone is 2. The van der Waals surface area contributed by atoms with Crippen molar-refractivity contribution in [3.63, 3.8) is 0 Å². The molecule has 3 rings (SSSR count). The largest absolute Gasteiger partial charge is 0.416 e. The van der Waals surface area contributed by atoms with E-state index in [-0.39, 0.29) is 12.3 Å². The van der Waals surface area contributed by atoms with Crippen molar-refractivity contribution in [2.45, 2.75) is 37.9 Å². The molecule has 0 aromatic heterocycles. The van der Waals surface area contributed by atoms with E-state index in [4.69, 9.17) is 0 Å². The predicted molar refractivity (Wildman–Crippen MR) is 85.6 cm³/mol. The van der Waals surface area contributed by atoms with Crippen molar-refractivity contribution in [3.8, 4) is 0 Å². The van der Waals surface area contributed by atoms with Crippen molar-refractivity contribution in [2.24, 2.45) is 5.92 Å². The molecule has 0 amide bonds. The van der Waals surface area contributed by atoms with E-state index in [1.165, 1.54) is 22.7 Å². The Balaban J connectivity index is 1.81. The Morgan fingerprint density at radius 1 is 1.29 bits per heavy atom. The summed E-state index contributed by atoms with van der Waals surface area (Å²) in [4.78, 5) is 0. The number of fused-ring (bicyclic) bond motifs is 1. The molecule has 134 valence electrons. The Morgan fingerprint density at radius 3 is 2.46 bits per heavy atom. The van der Waals surface area contributed by atoms with E-state index in [9.17, 15) is 21.6 Å². The maximum absolute atomic E-state index is 13.0. The molecule has 8 heteroatoms. The first-order valence-electron chi connectivity index (χ1n) is 7.93. The van der Waals surface area contributed by atoms with Crippen molar-refractivity contribution < 1.29 is 21.6 Å². The van der Waals surface area contributed by atoms with Gasteiger partial charge < -0.3 is 5.32 Å². The van der Waals surface area contributed by atoms with E-state index < -0.39 is 27.3 Å². The fourth-order valence-corrected chi connectivity index (χ4v) is 4.56. The van der Waals surface area contributed by atoms with Crippen LogP contribution in [-0.4, -0.2) is 43.8 Å². The summed E-state index contributed by atoms with van der Waals surface area (Å²) in [5.74, 6) is 0.0798. The minimum atomic E-state index is -4.35. The molecule has 1 unspecified atom stereocenters. The topological polar surface area (TPSA) is 49.4 Å². The fourth-order valence-electron chi connectivity index (χ4n) is 3.68. The fraction of sp³-hybridized carbons (Fsp3) is 0.625. The number of nitrogens with zero attached hydrogens (tertiary/aromatic N) is 1. The zero-order valence-corrected chi connectivity index (χ0v) is 14.5. The van der Waals surface area contributed by atoms with Crippen LogP contribution in [0.25, 0.3) is 0 Å². The Morgan fingerprint density at radius 2 is 1.92 bits per heavy atom. The lowest BCUT2D eigenvalue weighted by molar-refractivity contribution is -0.0888. The summed E-state index contributed by atoms with van der Waals surface area (Å²) in [6, 6.07) is 0. The molecule has 0 bridgehead atoms. The molecule has 1 saturated heterocycles. The molecule has 1 fully saturated rings. The SMILES string of the molecule is CC12CC=C(C(F)(F)F)C=C1C(C1CCN(S(C)(=O)=O)CC1)=CN2. The van der Waals surface area contributed by atoms with Crippen molar-refractivity contribution in [2.75, 3.05) is 19.3 Å². The highest BCUT2D eigenvalue weighted by Crippen LogP contribution is 2.45. The van der Waals surface area contributed by atoms with Gasteiger partial charge in [-0.2, -0.15) is 13.2 Å². The van der Waals surface area contributed by atoms with Gasteiger partial charge in [-0.1, -0.05) is 6.08 Å². The van der Waals surface area contributed by atoms with Crippen LogP contribution in [0.5, 0.6) is 0 Å². The molecule has 1 aliphatic carbocycles. The van der Waals surface area contributed by atoms with Gasteiger partial charge in [0.05, 0.1) is 17.4 Å². The van der Waals surface area contributed by atoms with E-state index in [1.807, 2.05) is 13.1 Å². The molecule has 4 nitrogen and oxygen atoms in total. The lowest BCUT2D eigenvalue weighted by Gasteiger charge is -2.35. The van der Waals surface area contributed by atoms with Crippen LogP contribution in [0.4, 0.5) is 13.2 Å². The number of alkyl halides is 3. The average Bonchev–Trinajstić information content (AvgIpc) is 2.82. The normalized spacial score (nSPS) is 29.5. The van der Waals surface area contributed by atoms with Crippen molar-refractivity contribution in [3.05, 3.63) is 35.1 Å². The molecular formula is C16H21F3N2O2S. The monoisotopic (exact) mass is 362 g/mol. The molecule has 2 heterocycles. The predicted octanol–water partition coefficient (Wildman–Crippen LogP) is 2.72. The van der Waals surface area contributed by atoms with E-state index in [0.29, 0.717) is 31.5 Å². The highest BCUT2D eigenvalue weighted by atomic mass is 32.2. The third kappa shape index (κ3) is 3.13. The first-order valence-corrected chi connectivity index (χ1v) is 9.78. The molecule has 1 N–H and O–H groups in total. The van der Waals surface area contributed by atoms with Gasteiger partial charge in [0.2, 0.25) is 10.0 Å². The first kappa shape index (κ1) is 17.5. The number of hydrogen-bond acceptors (Lipinski definition) is 3. The summed E-state index contributed by atoms with van der Waals surface area (Å²) in [7, 11) is -3.21. The van der Waals surface area contributed by atoms with Gasteiger partial charge in [0, 0.05) is 19.3 Å². The summed E-state index contributed by atoms with van der Waals surface area (Å²) in [6.07, 6.45) is 2.68. The van der Waals surface area contributed by atoms with Crippen molar-refractivity contribution in [1.82, 2.24) is 9.62 Å². The van der Waals surface area contributed by atoms with E-state index >= 15 is 0 Å². The molecule has 2 aliphatic heterocycles. The lowest BCUT2D eigenvalue weighted by Crippen LogP contribution is -2.40. The number of rotatable bonds is 2. The third-order valence-corrected chi connectivity index (χ3v) is 6.48. The molecule has 0 spiro atoms. The minimum absolute atomic E-state index is 0.0798. The second-order valence-electron chi connectivity index (χ2n) is 6.93. The van der Waals surface area contributed by atoms with E-state index in [0.717, 1.165) is 5.57 Å². The van der Waals surface area contributed by atoms with E-state index in [1.54, 1.807) is 0 Å². The Kier molecular flexibility index (Phi) is 4.11. The Bertz CT molecular complexity index is 729. The first-order chi connectivity index (χ1) is 11.0. The molecule has 24 heavy (non-hydrogen) atoms. The van der Waals surface area contributed by atoms with Gasteiger partial charge in [0.1, 0.15) is 0 Å². The van der Waals surface area contributed by atoms with Crippen LogP contribution in [0.2, 0.25) is 0 Å². The quantitative estimate of drug-likeness (QED) is 0.822. The standard InChI is InChI=1S/C16H21F3N2O2S/c1-15-6-3-12(16(17,18)19)9-14(15)13(10-20-15)11-4-7-21(8-5-11)24(2,22)23/h3,9-11,20H,4-8H2,1-2H3. The summed E-state index contributed by atoms with van der Waals surface area (Å²) < 4.78 is 63.8. The third-order valence-electron chi connectivity index (χ3n) is 5.17. The van der Waals surface area contributed by atoms with Crippen LogP contribution in [0.1, 0.15) is 26.2 Å². The molecule has 0 aromatic carbocycles. The molecule has 1 atom stereocenters. The van der Waals surface area contributed by atoms with Gasteiger partial charge >= 0.3 is 6.18 Å². The van der Waals surface area contributed by atoms with Crippen LogP contribution in [0, 0.1) is 5.92 Å². The van der Waals surface area contributed by atoms with Crippen LogP contribution >= 0.6 is 0 Å². The summed E-state index contributed by atoms with van der Waals surface area (Å²) in [6.45, 7) is 2.72. The Hall–Kier alpha value is -1.28. The molecule has 0 saturated carbocycles. The molecule has 0 aromatic rings. The zero-order chi connectivity index (χ0) is 17.8. The molecule has 0 radical (unpaired) electrons. The number of halogens is 3. The van der Waals surface area contributed by atoms with Gasteiger partial charge in [-0.3, -0.25) is 0 Å². The summed E-state index contributed by atoms with van der Waals surface area (Å²) in [5, 5.41) is 3.22. The Labute approximate surface area is 140 Å². The van der Waals surface area contributed by atoms with Crippen LogP contribution in [-0.2, 0) is 10.0 Å². The van der Waals surface area contributed by atoms with Gasteiger partial charge in [-0.15, -0.1) is 0 Å². The van der Waals surface area contributed by atoms with Gasteiger partial charge in [-0.25, -0.2) is 12.7 Å². The van der Waals surface area contributed by atoms with Gasteiger partial charge in [0.25, 0.3) is 0 Å². The van der Waals surface area contributed by atoms with Crippen LogP contribution in [0.3, 0.4) is 0 Å². The van der Waals surface area contributed by atoms with E-state index in [2.05, 4.69) is 5.32 Å². The van der Waals surface area contributed by atoms with Crippen molar-refractivity contribution >= 4 is 10.0 Å². The number of sulfonamides is 1. The highest BCUT2D eigenvalue weighted by Gasteiger charge is 2.43. The maximum atomic E-state index is 13.0. The zero-order valence-electron chi connectivity index (χ0n) is 13.7. The second-order valence-corrected chi connectivity index (χ2v) is 8.91. The summed E-state index contributed by atoms with van der Waals surface area (Å²) in [5.41, 5.74) is 0.478. The molecule has 3 aliphatic rings. The molecular weight excluding hydrogens is 341 g/mol. The van der Waals surface area contributed by atoms with Gasteiger partial charge in [-0.05, 0) is 49.3 Å². The van der Waals surface area contributed by atoms with Gasteiger partial charge in [0.15, 0.2) is 0 Å². The number of hydrogen-bond donors (Lipinski definition) is 1. The van der Waals surface area contributed by atoms with Crippen LogP contribution < -0.4 is 5.32 Å².